The van der Waals surface area contributed by atoms with Crippen molar-refractivity contribution in [3.63, 3.8) is 0 Å². The van der Waals surface area contributed by atoms with Crippen LogP contribution >= 0.6 is 0 Å². The number of nitrogens with zero attached hydrogens (tertiary/aromatic N) is 3. The minimum atomic E-state index is -1.17. The lowest BCUT2D eigenvalue weighted by Crippen LogP contribution is -2.41. The van der Waals surface area contributed by atoms with E-state index in [0.717, 1.165) is 25.9 Å². The van der Waals surface area contributed by atoms with Gasteiger partial charge in [0.1, 0.15) is 17.2 Å². The molecular weight excluding hydrogens is 440 g/mol. The SMILES string of the molecule is CC(C)(F)CN1CCC(COc2ccc(-c3ccc(C(=O)N4CC[C@H](O)C4)c(F)c3)nc2)CC1. The first-order chi connectivity index (χ1) is 16.2. The number of alkyl halides is 1. The Labute approximate surface area is 199 Å². The molecule has 1 atom stereocenters. The van der Waals surface area contributed by atoms with E-state index in [1.165, 1.54) is 17.0 Å². The third-order valence-corrected chi connectivity index (χ3v) is 6.47. The summed E-state index contributed by atoms with van der Waals surface area (Å²) in [5, 5.41) is 9.62. The van der Waals surface area contributed by atoms with Crippen LogP contribution in [0.2, 0.25) is 0 Å². The number of rotatable bonds is 7. The minimum absolute atomic E-state index is 0.000992. The monoisotopic (exact) mass is 473 g/mol. The molecule has 1 N–H and O–H groups in total. The molecule has 2 aliphatic heterocycles. The standard InChI is InChI=1S/C26H33F2N3O3/c1-26(2,28)17-30-10-7-18(8-11-30)16-34-21-4-6-24(29-14-21)19-3-5-22(23(27)13-19)25(33)31-12-9-20(32)15-31/h3-6,13-14,18,20,32H,7-12,15-17H2,1-2H3/t20-/m0/s1. The summed E-state index contributed by atoms with van der Waals surface area (Å²) in [6, 6.07) is 8.05. The number of aliphatic hydroxyl groups is 1. The zero-order valence-electron chi connectivity index (χ0n) is 19.8. The van der Waals surface area contributed by atoms with E-state index in [1.54, 1.807) is 32.2 Å². The number of hydrogen-bond acceptors (Lipinski definition) is 5. The Bertz CT molecular complexity index is 986. The van der Waals surface area contributed by atoms with Crippen LogP contribution in [0.15, 0.2) is 36.5 Å². The van der Waals surface area contributed by atoms with E-state index in [0.29, 0.717) is 49.0 Å². The molecule has 2 aromatic rings. The Hall–Kier alpha value is -2.58. The number of halogens is 2. The minimum Gasteiger partial charge on any atom is -0.492 e. The zero-order valence-corrected chi connectivity index (χ0v) is 19.8. The van der Waals surface area contributed by atoms with E-state index in [9.17, 15) is 18.7 Å². The third-order valence-electron chi connectivity index (χ3n) is 6.47. The van der Waals surface area contributed by atoms with Crippen LogP contribution in [0.3, 0.4) is 0 Å². The lowest BCUT2D eigenvalue weighted by molar-refractivity contribution is 0.0760. The second kappa shape index (κ2) is 10.4. The Morgan fingerprint density at radius 2 is 1.94 bits per heavy atom. The lowest BCUT2D eigenvalue weighted by atomic mass is 9.97. The van der Waals surface area contributed by atoms with Crippen LogP contribution in [0.25, 0.3) is 11.3 Å². The highest BCUT2D eigenvalue weighted by atomic mass is 19.1. The van der Waals surface area contributed by atoms with E-state index in [4.69, 9.17) is 4.74 Å². The predicted octanol–water partition coefficient (Wildman–Crippen LogP) is 3.93. The van der Waals surface area contributed by atoms with Gasteiger partial charge >= 0.3 is 0 Å². The molecule has 1 aromatic carbocycles. The van der Waals surface area contributed by atoms with Gasteiger partial charge in [0.2, 0.25) is 0 Å². The first kappa shape index (κ1) is 24.5. The smallest absolute Gasteiger partial charge is 0.256 e. The van der Waals surface area contributed by atoms with E-state index >= 15 is 0 Å². The average Bonchev–Trinajstić information content (AvgIpc) is 3.24. The number of hydrogen-bond donors (Lipinski definition) is 1. The molecule has 0 radical (unpaired) electrons. The van der Waals surface area contributed by atoms with Gasteiger partial charge in [-0.2, -0.15) is 0 Å². The van der Waals surface area contributed by atoms with Crippen molar-refractivity contribution >= 4 is 5.91 Å². The van der Waals surface area contributed by atoms with Gasteiger partial charge in [-0.05, 0) is 76.4 Å². The highest BCUT2D eigenvalue weighted by Crippen LogP contribution is 2.25. The van der Waals surface area contributed by atoms with Crippen LogP contribution in [-0.2, 0) is 0 Å². The molecule has 4 rings (SSSR count). The largest absolute Gasteiger partial charge is 0.492 e. The molecule has 8 heteroatoms. The number of β-amino-alcohol motifs (C(OH)–C–C–N with tert-alkyl or cyclic N) is 1. The fraction of sp³-hybridized carbons (Fsp3) is 0.538. The number of carbonyl (C=O) groups excluding carboxylic acids is 1. The van der Waals surface area contributed by atoms with Crippen LogP contribution in [0.4, 0.5) is 8.78 Å². The number of ether oxygens (including phenoxy) is 1. The third kappa shape index (κ3) is 6.30. The second-order valence-electron chi connectivity index (χ2n) is 10.0. The van der Waals surface area contributed by atoms with E-state index < -0.39 is 23.5 Å². The van der Waals surface area contributed by atoms with Crippen LogP contribution in [0.1, 0.15) is 43.5 Å². The molecule has 1 amide bonds. The summed E-state index contributed by atoms with van der Waals surface area (Å²) >= 11 is 0. The number of pyridine rings is 1. The Morgan fingerprint density at radius 3 is 2.53 bits per heavy atom. The quantitative estimate of drug-likeness (QED) is 0.660. The van der Waals surface area contributed by atoms with Crippen molar-refractivity contribution in [2.45, 2.75) is 44.9 Å². The van der Waals surface area contributed by atoms with Crippen molar-refractivity contribution in [1.29, 1.82) is 0 Å². The number of likely N-dealkylation sites (tertiary alicyclic amines) is 2. The van der Waals surface area contributed by atoms with Gasteiger partial charge in [-0.3, -0.25) is 9.78 Å². The first-order valence-electron chi connectivity index (χ1n) is 12.0. The van der Waals surface area contributed by atoms with Gasteiger partial charge in [0.15, 0.2) is 0 Å². The van der Waals surface area contributed by atoms with E-state index in [2.05, 4.69) is 9.88 Å². The van der Waals surface area contributed by atoms with E-state index in [1.807, 2.05) is 6.07 Å². The molecule has 34 heavy (non-hydrogen) atoms. The molecule has 0 bridgehead atoms. The molecule has 6 nitrogen and oxygen atoms in total. The Kier molecular flexibility index (Phi) is 7.48. The molecule has 3 heterocycles. The van der Waals surface area contributed by atoms with Gasteiger partial charge in [-0.1, -0.05) is 6.07 Å². The molecule has 2 fully saturated rings. The fourth-order valence-corrected chi connectivity index (χ4v) is 4.64. The molecule has 2 aliphatic rings. The molecule has 0 spiro atoms. The number of piperidine rings is 1. The number of carbonyl (C=O) groups is 1. The average molecular weight is 474 g/mol. The number of benzene rings is 1. The van der Waals surface area contributed by atoms with Gasteiger partial charge in [0.25, 0.3) is 5.91 Å². The zero-order chi connectivity index (χ0) is 24.3. The molecule has 2 saturated heterocycles. The Balaban J connectivity index is 1.30. The topological polar surface area (TPSA) is 65.9 Å². The van der Waals surface area contributed by atoms with Crippen molar-refractivity contribution in [2.75, 3.05) is 39.3 Å². The number of amides is 1. The molecule has 0 saturated carbocycles. The summed E-state index contributed by atoms with van der Waals surface area (Å²) in [5.74, 6) is 0.0653. The van der Waals surface area contributed by atoms with E-state index in [-0.39, 0.29) is 12.1 Å². The van der Waals surface area contributed by atoms with Crippen LogP contribution in [0.5, 0.6) is 5.75 Å². The highest BCUT2D eigenvalue weighted by Gasteiger charge is 2.27. The summed E-state index contributed by atoms with van der Waals surface area (Å²) in [4.78, 5) is 20.5. The summed E-state index contributed by atoms with van der Waals surface area (Å²) in [6.07, 6.45) is 3.54. The van der Waals surface area contributed by atoms with Gasteiger partial charge in [0.05, 0.1) is 30.2 Å². The molecular formula is C26H33F2N3O3. The summed E-state index contributed by atoms with van der Waals surface area (Å²) in [7, 11) is 0. The molecule has 0 unspecified atom stereocenters. The maximum Gasteiger partial charge on any atom is 0.256 e. The van der Waals surface area contributed by atoms with Crippen molar-refractivity contribution in [2.24, 2.45) is 5.92 Å². The van der Waals surface area contributed by atoms with Crippen molar-refractivity contribution in [1.82, 2.24) is 14.8 Å². The van der Waals surface area contributed by atoms with Crippen LogP contribution < -0.4 is 4.74 Å². The Morgan fingerprint density at radius 1 is 1.18 bits per heavy atom. The summed E-state index contributed by atoms with van der Waals surface area (Å²) < 4.78 is 34.4. The predicted molar refractivity (Wildman–Crippen MR) is 126 cm³/mol. The van der Waals surface area contributed by atoms with Crippen molar-refractivity contribution in [3.05, 3.63) is 47.9 Å². The highest BCUT2D eigenvalue weighted by molar-refractivity contribution is 5.95. The summed E-state index contributed by atoms with van der Waals surface area (Å²) in [5.41, 5.74) is -0.0133. The van der Waals surface area contributed by atoms with Gasteiger partial charge < -0.3 is 19.6 Å². The molecule has 0 aliphatic carbocycles. The lowest BCUT2D eigenvalue weighted by Gasteiger charge is -2.34. The number of aliphatic hydroxyl groups excluding tert-OH is 1. The van der Waals surface area contributed by atoms with Gasteiger partial charge in [0, 0.05) is 25.2 Å². The summed E-state index contributed by atoms with van der Waals surface area (Å²) in [6.45, 7) is 6.69. The van der Waals surface area contributed by atoms with Gasteiger partial charge in [-0.25, -0.2) is 8.78 Å². The number of aromatic nitrogens is 1. The van der Waals surface area contributed by atoms with Crippen molar-refractivity contribution in [3.8, 4) is 17.0 Å². The maximum atomic E-state index is 14.7. The van der Waals surface area contributed by atoms with Crippen LogP contribution in [-0.4, -0.2) is 76.9 Å². The molecule has 1 aromatic heterocycles. The second-order valence-corrected chi connectivity index (χ2v) is 10.0. The van der Waals surface area contributed by atoms with Crippen molar-refractivity contribution < 1.29 is 23.4 Å². The normalized spacial score (nSPS) is 20.0. The maximum absolute atomic E-state index is 14.7. The first-order valence-corrected chi connectivity index (χ1v) is 12.0. The van der Waals surface area contributed by atoms with Crippen LogP contribution in [0, 0.1) is 11.7 Å². The molecule has 184 valence electrons. The van der Waals surface area contributed by atoms with Gasteiger partial charge in [-0.15, -0.1) is 0 Å². The fourth-order valence-electron chi connectivity index (χ4n) is 4.64.